The number of rotatable bonds is 2. The number of esters is 1. The Labute approximate surface area is 65.4 Å². The molecule has 0 radical (unpaired) electrons. The van der Waals surface area contributed by atoms with Gasteiger partial charge in [-0.15, -0.1) is 0 Å². The van der Waals surface area contributed by atoms with Gasteiger partial charge in [-0.1, -0.05) is 6.92 Å². The lowest BCUT2D eigenvalue weighted by molar-refractivity contribution is -0.154. The van der Waals surface area contributed by atoms with Gasteiger partial charge in [-0.25, -0.2) is 4.79 Å². The molecule has 0 bridgehead atoms. The fraction of sp³-hybridized carbons (Fsp3) is 0.857. The van der Waals surface area contributed by atoms with Gasteiger partial charge in [0.25, 0.3) is 0 Å². The number of carbonyl (C=O) groups is 1. The maximum atomic E-state index is 10.8. The molecular weight excluding hydrogens is 148 g/mol. The van der Waals surface area contributed by atoms with Gasteiger partial charge in [0.1, 0.15) is 0 Å². The maximum Gasteiger partial charge on any atom is 0.337 e. The van der Waals surface area contributed by atoms with E-state index < -0.39 is 6.10 Å². The van der Waals surface area contributed by atoms with Gasteiger partial charge in [0.05, 0.1) is 13.7 Å². The normalized spacial score (nSPS) is 30.4. The van der Waals surface area contributed by atoms with Crippen LogP contribution in [-0.2, 0) is 19.0 Å². The number of carbonyl (C=O) groups excluding carboxylic acids is 1. The molecule has 0 amide bonds. The molecule has 0 aromatic heterocycles. The van der Waals surface area contributed by atoms with Crippen molar-refractivity contribution in [2.24, 2.45) is 0 Å². The average Bonchev–Trinajstić information content (AvgIpc) is 2.50. The highest BCUT2D eigenvalue weighted by atomic mass is 16.7. The van der Waals surface area contributed by atoms with Gasteiger partial charge in [0, 0.05) is 0 Å². The summed E-state index contributed by atoms with van der Waals surface area (Å²) in [5, 5.41) is 0. The first-order valence-corrected chi connectivity index (χ1v) is 3.62. The predicted octanol–water partition coefficient (Wildman–Crippen LogP) is 0.311. The summed E-state index contributed by atoms with van der Waals surface area (Å²) in [5.74, 6) is -0.360. The SMILES string of the molecule is CCC1OC[C@@H](C(=O)OC)O1. The molecular formula is C7H12O4. The molecule has 11 heavy (non-hydrogen) atoms. The third-order valence-corrected chi connectivity index (χ3v) is 1.55. The van der Waals surface area contributed by atoms with Crippen LogP contribution in [0, 0.1) is 0 Å². The van der Waals surface area contributed by atoms with E-state index in [1.165, 1.54) is 7.11 Å². The Morgan fingerprint density at radius 3 is 2.91 bits per heavy atom. The highest BCUT2D eigenvalue weighted by Gasteiger charge is 2.30. The predicted molar refractivity (Wildman–Crippen MR) is 36.9 cm³/mol. The molecule has 0 spiro atoms. The zero-order chi connectivity index (χ0) is 8.27. The molecule has 1 fully saturated rings. The number of hydrogen-bond acceptors (Lipinski definition) is 4. The van der Waals surface area contributed by atoms with Gasteiger partial charge in [-0.2, -0.15) is 0 Å². The molecule has 1 heterocycles. The fourth-order valence-electron chi connectivity index (χ4n) is 0.926. The van der Waals surface area contributed by atoms with E-state index in [-0.39, 0.29) is 12.3 Å². The molecule has 1 saturated heterocycles. The minimum absolute atomic E-state index is 0.237. The summed E-state index contributed by atoms with van der Waals surface area (Å²) in [6, 6.07) is 0. The lowest BCUT2D eigenvalue weighted by atomic mass is 10.4. The molecule has 0 aromatic carbocycles. The molecule has 64 valence electrons. The third kappa shape index (κ3) is 1.91. The van der Waals surface area contributed by atoms with Crippen LogP contribution in [0.3, 0.4) is 0 Å². The Balaban J connectivity index is 2.35. The Morgan fingerprint density at radius 1 is 1.73 bits per heavy atom. The van der Waals surface area contributed by atoms with Gasteiger partial charge in [-0.05, 0) is 6.42 Å². The van der Waals surface area contributed by atoms with E-state index in [2.05, 4.69) is 4.74 Å². The van der Waals surface area contributed by atoms with Crippen LogP contribution in [0.25, 0.3) is 0 Å². The topological polar surface area (TPSA) is 44.8 Å². The van der Waals surface area contributed by atoms with Crippen molar-refractivity contribution in [1.29, 1.82) is 0 Å². The summed E-state index contributed by atoms with van der Waals surface area (Å²) in [6.45, 7) is 2.25. The second kappa shape index (κ2) is 3.69. The number of hydrogen-bond donors (Lipinski definition) is 0. The van der Waals surface area contributed by atoms with Crippen molar-refractivity contribution >= 4 is 5.97 Å². The van der Waals surface area contributed by atoms with Crippen molar-refractivity contribution < 1.29 is 19.0 Å². The van der Waals surface area contributed by atoms with Gasteiger partial charge < -0.3 is 14.2 Å². The molecule has 0 saturated carbocycles. The molecule has 0 N–H and O–H groups in total. The molecule has 2 atom stereocenters. The Morgan fingerprint density at radius 2 is 2.45 bits per heavy atom. The van der Waals surface area contributed by atoms with E-state index in [4.69, 9.17) is 9.47 Å². The Hall–Kier alpha value is -0.610. The molecule has 4 heteroatoms. The zero-order valence-electron chi connectivity index (χ0n) is 6.70. The van der Waals surface area contributed by atoms with Gasteiger partial charge >= 0.3 is 5.97 Å². The van der Waals surface area contributed by atoms with Crippen molar-refractivity contribution in [1.82, 2.24) is 0 Å². The molecule has 0 aliphatic carbocycles. The van der Waals surface area contributed by atoms with E-state index in [1.54, 1.807) is 0 Å². The van der Waals surface area contributed by atoms with Crippen LogP contribution in [-0.4, -0.2) is 32.1 Å². The van der Waals surface area contributed by atoms with Crippen LogP contribution in [0.2, 0.25) is 0 Å². The number of ether oxygens (including phenoxy) is 3. The van der Waals surface area contributed by atoms with Gasteiger partial charge in [-0.3, -0.25) is 0 Å². The van der Waals surface area contributed by atoms with Crippen molar-refractivity contribution in [2.75, 3.05) is 13.7 Å². The summed E-state index contributed by atoms with van der Waals surface area (Å²) in [4.78, 5) is 10.8. The number of methoxy groups -OCH3 is 1. The molecule has 1 unspecified atom stereocenters. The van der Waals surface area contributed by atoms with Gasteiger partial charge in [0.15, 0.2) is 12.4 Å². The molecule has 1 aliphatic heterocycles. The first-order valence-electron chi connectivity index (χ1n) is 3.62. The first-order chi connectivity index (χ1) is 5.27. The van der Waals surface area contributed by atoms with Crippen molar-refractivity contribution in [3.05, 3.63) is 0 Å². The standard InChI is InChI=1S/C7H12O4/c1-3-6-10-4-5(11-6)7(8)9-2/h5-6H,3-4H2,1-2H3/t5-,6?/m0/s1. The van der Waals surface area contributed by atoms with Crippen LogP contribution in [0.4, 0.5) is 0 Å². The molecule has 4 nitrogen and oxygen atoms in total. The third-order valence-electron chi connectivity index (χ3n) is 1.55. The van der Waals surface area contributed by atoms with Crippen LogP contribution >= 0.6 is 0 Å². The van der Waals surface area contributed by atoms with Crippen molar-refractivity contribution in [2.45, 2.75) is 25.7 Å². The second-order valence-electron chi connectivity index (χ2n) is 2.32. The summed E-state index contributed by atoms with van der Waals surface area (Å²) in [6.07, 6.45) is -0.00270. The van der Waals surface area contributed by atoms with Crippen LogP contribution in [0.15, 0.2) is 0 Å². The zero-order valence-corrected chi connectivity index (χ0v) is 6.70. The first kappa shape index (κ1) is 8.49. The fourth-order valence-corrected chi connectivity index (χ4v) is 0.926. The minimum atomic E-state index is -0.523. The smallest absolute Gasteiger partial charge is 0.337 e. The highest BCUT2D eigenvalue weighted by Crippen LogP contribution is 2.14. The van der Waals surface area contributed by atoms with E-state index >= 15 is 0 Å². The maximum absolute atomic E-state index is 10.8. The Kier molecular flexibility index (Phi) is 2.84. The van der Waals surface area contributed by atoms with Gasteiger partial charge in [0.2, 0.25) is 0 Å². The van der Waals surface area contributed by atoms with E-state index in [1.807, 2.05) is 6.92 Å². The molecule has 1 rings (SSSR count). The lowest BCUT2D eigenvalue weighted by Crippen LogP contribution is -2.24. The minimum Gasteiger partial charge on any atom is -0.467 e. The van der Waals surface area contributed by atoms with E-state index in [0.29, 0.717) is 6.61 Å². The molecule has 0 aromatic rings. The average molecular weight is 160 g/mol. The van der Waals surface area contributed by atoms with E-state index in [9.17, 15) is 4.79 Å². The van der Waals surface area contributed by atoms with Crippen LogP contribution in [0.5, 0.6) is 0 Å². The highest BCUT2D eigenvalue weighted by molar-refractivity contribution is 5.74. The van der Waals surface area contributed by atoms with Crippen molar-refractivity contribution in [3.8, 4) is 0 Å². The second-order valence-corrected chi connectivity index (χ2v) is 2.32. The largest absolute Gasteiger partial charge is 0.467 e. The van der Waals surface area contributed by atoms with Crippen LogP contribution in [0.1, 0.15) is 13.3 Å². The van der Waals surface area contributed by atoms with Crippen molar-refractivity contribution in [3.63, 3.8) is 0 Å². The van der Waals surface area contributed by atoms with Crippen LogP contribution < -0.4 is 0 Å². The summed E-state index contributed by atoms with van der Waals surface area (Å²) < 4.78 is 14.8. The summed E-state index contributed by atoms with van der Waals surface area (Å²) in [7, 11) is 1.34. The summed E-state index contributed by atoms with van der Waals surface area (Å²) >= 11 is 0. The quantitative estimate of drug-likeness (QED) is 0.545. The monoisotopic (exact) mass is 160 g/mol. The Bertz CT molecular complexity index is 145. The summed E-state index contributed by atoms with van der Waals surface area (Å²) in [5.41, 5.74) is 0. The molecule has 1 aliphatic rings. The lowest BCUT2D eigenvalue weighted by Gasteiger charge is -2.06. The van der Waals surface area contributed by atoms with E-state index in [0.717, 1.165) is 6.42 Å².